The zero-order chi connectivity index (χ0) is 23.1. The third-order valence-electron chi connectivity index (χ3n) is 5.42. The summed E-state index contributed by atoms with van der Waals surface area (Å²) in [6.07, 6.45) is 3.22. The summed E-state index contributed by atoms with van der Waals surface area (Å²) in [5.41, 5.74) is 2.58. The first-order valence-electron chi connectivity index (χ1n) is 10.8. The summed E-state index contributed by atoms with van der Waals surface area (Å²) in [6.45, 7) is 1.97. The van der Waals surface area contributed by atoms with Gasteiger partial charge >= 0.3 is 0 Å². The van der Waals surface area contributed by atoms with Crippen LogP contribution >= 0.6 is 0 Å². The van der Waals surface area contributed by atoms with Gasteiger partial charge in [-0.3, -0.25) is 4.79 Å². The summed E-state index contributed by atoms with van der Waals surface area (Å²) in [5, 5.41) is 0. The lowest BCUT2D eigenvalue weighted by Gasteiger charge is -2.26. The van der Waals surface area contributed by atoms with E-state index in [0.29, 0.717) is 32.8 Å². The Bertz CT molecular complexity index is 1190. The molecule has 1 heterocycles. The van der Waals surface area contributed by atoms with Crippen molar-refractivity contribution in [3.63, 3.8) is 0 Å². The average Bonchev–Trinajstić information content (AvgIpc) is 2.88. The standard InChI is InChI=1S/C26H26N2O4S/c29-26(28(24-9-5-2-6-10-24)21-23-7-3-1-4-8-23)16-13-22-11-14-25(15-12-22)33(30,31)27-17-19-32-20-18-27/h1-16H,17-21H2/b16-13+. The Kier molecular flexibility index (Phi) is 7.34. The van der Waals surface area contributed by atoms with E-state index in [1.54, 1.807) is 35.2 Å². The quantitative estimate of drug-likeness (QED) is 0.499. The number of rotatable bonds is 7. The minimum atomic E-state index is -3.54. The first-order valence-corrected chi connectivity index (χ1v) is 12.2. The fraction of sp³-hybridized carbons (Fsp3) is 0.192. The summed E-state index contributed by atoms with van der Waals surface area (Å²) in [5.74, 6) is -0.157. The molecule has 0 aliphatic carbocycles. The molecule has 4 rings (SSSR count). The van der Waals surface area contributed by atoms with Gasteiger partial charge in [0.2, 0.25) is 10.0 Å². The second kappa shape index (κ2) is 10.6. The van der Waals surface area contributed by atoms with Crippen molar-refractivity contribution in [1.82, 2.24) is 4.31 Å². The van der Waals surface area contributed by atoms with Crippen molar-refractivity contribution >= 4 is 27.7 Å². The molecule has 0 spiro atoms. The first-order chi connectivity index (χ1) is 16.0. The molecule has 1 saturated heterocycles. The van der Waals surface area contributed by atoms with Crippen molar-refractivity contribution in [2.24, 2.45) is 0 Å². The molecule has 1 amide bonds. The maximum atomic E-state index is 13.1. The van der Waals surface area contributed by atoms with E-state index in [4.69, 9.17) is 4.74 Å². The number of amides is 1. The number of hydrogen-bond donors (Lipinski definition) is 0. The molecule has 1 aliphatic rings. The highest BCUT2D eigenvalue weighted by Gasteiger charge is 2.26. The predicted molar refractivity (Wildman–Crippen MR) is 129 cm³/mol. The molecule has 170 valence electrons. The second-order valence-electron chi connectivity index (χ2n) is 7.66. The van der Waals surface area contributed by atoms with E-state index in [1.165, 1.54) is 10.4 Å². The highest BCUT2D eigenvalue weighted by Crippen LogP contribution is 2.20. The zero-order valence-electron chi connectivity index (χ0n) is 18.2. The van der Waals surface area contributed by atoms with Gasteiger partial charge in [0.25, 0.3) is 5.91 Å². The summed E-state index contributed by atoms with van der Waals surface area (Å²) < 4.78 is 32.2. The van der Waals surface area contributed by atoms with Crippen LogP contribution in [0.1, 0.15) is 11.1 Å². The molecular weight excluding hydrogens is 436 g/mol. The van der Waals surface area contributed by atoms with Crippen molar-refractivity contribution in [3.05, 3.63) is 102 Å². The van der Waals surface area contributed by atoms with Gasteiger partial charge in [-0.15, -0.1) is 0 Å². The van der Waals surface area contributed by atoms with E-state index >= 15 is 0 Å². The molecule has 7 heteroatoms. The molecule has 3 aromatic carbocycles. The van der Waals surface area contributed by atoms with E-state index < -0.39 is 10.0 Å². The number of sulfonamides is 1. The summed E-state index contributed by atoms with van der Waals surface area (Å²) in [7, 11) is -3.54. The molecule has 0 saturated carbocycles. The number of para-hydroxylation sites is 1. The van der Waals surface area contributed by atoms with Gasteiger partial charge in [0.15, 0.2) is 0 Å². The number of hydrogen-bond acceptors (Lipinski definition) is 4. The Balaban J connectivity index is 1.50. The Morgan fingerprint density at radius 1 is 0.879 bits per heavy atom. The van der Waals surface area contributed by atoms with Crippen LogP contribution in [0.2, 0.25) is 0 Å². The summed E-state index contributed by atoms with van der Waals surface area (Å²) in [4.78, 5) is 15.0. The fourth-order valence-electron chi connectivity index (χ4n) is 3.61. The number of ether oxygens (including phenoxy) is 1. The number of anilines is 1. The summed E-state index contributed by atoms with van der Waals surface area (Å²) in [6, 6.07) is 25.9. The fourth-order valence-corrected chi connectivity index (χ4v) is 5.02. The Labute approximate surface area is 194 Å². The minimum Gasteiger partial charge on any atom is -0.379 e. The van der Waals surface area contributed by atoms with Crippen LogP contribution in [-0.2, 0) is 26.1 Å². The van der Waals surface area contributed by atoms with Crippen molar-refractivity contribution in [2.75, 3.05) is 31.2 Å². The SMILES string of the molecule is O=C(/C=C/c1ccc(S(=O)(=O)N2CCOCC2)cc1)N(Cc1ccccc1)c1ccccc1. The lowest BCUT2D eigenvalue weighted by Crippen LogP contribution is -2.40. The normalized spacial score (nSPS) is 14.9. The molecular formula is C26H26N2O4S. The van der Waals surface area contributed by atoms with E-state index in [0.717, 1.165) is 16.8 Å². The molecule has 3 aromatic rings. The minimum absolute atomic E-state index is 0.157. The van der Waals surface area contributed by atoms with Gasteiger partial charge < -0.3 is 9.64 Å². The monoisotopic (exact) mass is 462 g/mol. The molecule has 0 N–H and O–H groups in total. The van der Waals surface area contributed by atoms with Crippen LogP contribution in [0.3, 0.4) is 0 Å². The number of nitrogens with zero attached hydrogens (tertiary/aromatic N) is 2. The zero-order valence-corrected chi connectivity index (χ0v) is 19.0. The number of carbonyl (C=O) groups excluding carboxylic acids is 1. The van der Waals surface area contributed by atoms with Gasteiger partial charge in [-0.1, -0.05) is 60.7 Å². The molecule has 0 radical (unpaired) electrons. The molecule has 6 nitrogen and oxygen atoms in total. The van der Waals surface area contributed by atoms with Crippen molar-refractivity contribution < 1.29 is 17.9 Å². The molecule has 0 aromatic heterocycles. The van der Waals surface area contributed by atoms with Crippen LogP contribution in [0.5, 0.6) is 0 Å². The third kappa shape index (κ3) is 5.76. The van der Waals surface area contributed by atoms with Crippen LogP contribution in [0.15, 0.2) is 95.9 Å². The van der Waals surface area contributed by atoms with Gasteiger partial charge in [-0.05, 0) is 41.5 Å². The predicted octanol–water partition coefficient (Wildman–Crippen LogP) is 3.95. The van der Waals surface area contributed by atoms with E-state index in [2.05, 4.69) is 0 Å². The van der Waals surface area contributed by atoms with E-state index in [1.807, 2.05) is 60.7 Å². The van der Waals surface area contributed by atoms with E-state index in [-0.39, 0.29) is 10.8 Å². The smallest absolute Gasteiger partial charge is 0.251 e. The Hall–Kier alpha value is -3.26. The highest BCUT2D eigenvalue weighted by atomic mass is 32.2. The van der Waals surface area contributed by atoms with Gasteiger partial charge in [0, 0.05) is 24.9 Å². The Morgan fingerprint density at radius 2 is 1.48 bits per heavy atom. The van der Waals surface area contributed by atoms with Crippen LogP contribution in [-0.4, -0.2) is 44.9 Å². The van der Waals surface area contributed by atoms with Crippen LogP contribution in [0.4, 0.5) is 5.69 Å². The number of benzene rings is 3. The number of morpholine rings is 1. The van der Waals surface area contributed by atoms with Gasteiger partial charge in [0.1, 0.15) is 0 Å². The lowest BCUT2D eigenvalue weighted by atomic mass is 10.1. The van der Waals surface area contributed by atoms with E-state index in [9.17, 15) is 13.2 Å². The summed E-state index contributed by atoms with van der Waals surface area (Å²) >= 11 is 0. The first kappa shape index (κ1) is 22.9. The van der Waals surface area contributed by atoms with Crippen LogP contribution < -0.4 is 4.90 Å². The molecule has 1 fully saturated rings. The second-order valence-corrected chi connectivity index (χ2v) is 9.60. The van der Waals surface area contributed by atoms with Crippen molar-refractivity contribution in [1.29, 1.82) is 0 Å². The third-order valence-corrected chi connectivity index (χ3v) is 7.34. The van der Waals surface area contributed by atoms with Gasteiger partial charge in [-0.2, -0.15) is 4.31 Å². The lowest BCUT2D eigenvalue weighted by molar-refractivity contribution is -0.114. The molecule has 0 unspecified atom stereocenters. The van der Waals surface area contributed by atoms with Gasteiger partial charge in [-0.25, -0.2) is 8.42 Å². The average molecular weight is 463 g/mol. The van der Waals surface area contributed by atoms with Crippen LogP contribution in [0, 0.1) is 0 Å². The van der Waals surface area contributed by atoms with Crippen molar-refractivity contribution in [2.45, 2.75) is 11.4 Å². The largest absolute Gasteiger partial charge is 0.379 e. The topological polar surface area (TPSA) is 66.9 Å². The maximum absolute atomic E-state index is 13.1. The molecule has 33 heavy (non-hydrogen) atoms. The van der Waals surface area contributed by atoms with Gasteiger partial charge in [0.05, 0.1) is 24.7 Å². The van der Waals surface area contributed by atoms with Crippen molar-refractivity contribution in [3.8, 4) is 0 Å². The molecule has 0 atom stereocenters. The number of carbonyl (C=O) groups is 1. The highest BCUT2D eigenvalue weighted by molar-refractivity contribution is 7.89. The Morgan fingerprint density at radius 3 is 2.12 bits per heavy atom. The van der Waals surface area contributed by atoms with Crippen LogP contribution in [0.25, 0.3) is 6.08 Å². The molecule has 1 aliphatic heterocycles. The maximum Gasteiger partial charge on any atom is 0.251 e. The molecule has 0 bridgehead atoms.